The Labute approximate surface area is 232 Å². The van der Waals surface area contributed by atoms with E-state index >= 15 is 0 Å². The number of carbonyl (C=O) groups is 2. The minimum absolute atomic E-state index is 0.0709. The third-order valence-corrected chi connectivity index (χ3v) is 8.01. The van der Waals surface area contributed by atoms with Crippen LogP contribution in [-0.2, 0) is 4.79 Å². The second-order valence-electron chi connectivity index (χ2n) is 11.2. The number of rotatable bonds is 9. The van der Waals surface area contributed by atoms with Crippen LogP contribution in [0.1, 0.15) is 91.3 Å². The van der Waals surface area contributed by atoms with Crippen LogP contribution in [-0.4, -0.2) is 43.7 Å². The molecule has 0 saturated heterocycles. The van der Waals surface area contributed by atoms with Crippen molar-refractivity contribution in [1.29, 1.82) is 0 Å². The second-order valence-corrected chi connectivity index (χ2v) is 11.2. The number of hydrogen-bond donors (Lipinski definition) is 2. The first-order valence-corrected chi connectivity index (χ1v) is 13.6. The van der Waals surface area contributed by atoms with Crippen LogP contribution < -0.4 is 10.6 Å². The molecule has 0 spiro atoms. The number of imidazole rings is 1. The van der Waals surface area contributed by atoms with Gasteiger partial charge in [0.15, 0.2) is 5.65 Å². The molecule has 0 aliphatic heterocycles. The van der Waals surface area contributed by atoms with Gasteiger partial charge in [0.25, 0.3) is 5.91 Å². The lowest BCUT2D eigenvalue weighted by atomic mass is 9.81. The first-order valence-electron chi connectivity index (χ1n) is 13.6. The minimum atomic E-state index is -4.47. The summed E-state index contributed by atoms with van der Waals surface area (Å²) in [5.74, 6) is -5.94. The van der Waals surface area contributed by atoms with Crippen LogP contribution in [0.15, 0.2) is 29.2 Å². The van der Waals surface area contributed by atoms with E-state index in [1.807, 2.05) is 0 Å². The van der Waals surface area contributed by atoms with Crippen LogP contribution in [0.5, 0.6) is 0 Å². The maximum absolute atomic E-state index is 13.9. The predicted molar refractivity (Wildman–Crippen MR) is 135 cm³/mol. The Morgan fingerprint density at radius 2 is 1.80 bits per heavy atom. The van der Waals surface area contributed by atoms with Crippen molar-refractivity contribution < 1.29 is 36.1 Å². The standard InChI is InChI=1S/C27H31F5N6O3/c1-14(27(30,31)32)9-22(39)35-23(16-3-4-16)18-10-21-34-20(12-38(21)33-11-18)24(17-5-7-26(28,29)8-6-17)36-25(40)19-13-41-37-15(19)2/h10-14,16-17,23-24H,3-9H2,1-2H3,(H,35,39)(H,36,40)/t14-,23?,24-/m0/s1. The quantitative estimate of drug-likeness (QED) is 0.323. The molecule has 222 valence electrons. The summed E-state index contributed by atoms with van der Waals surface area (Å²) in [7, 11) is 0. The van der Waals surface area contributed by atoms with E-state index in [1.54, 1.807) is 19.2 Å². The highest BCUT2D eigenvalue weighted by atomic mass is 19.4. The molecule has 9 nitrogen and oxygen atoms in total. The lowest BCUT2D eigenvalue weighted by Gasteiger charge is -2.33. The molecule has 2 saturated carbocycles. The number of halogens is 5. The molecular formula is C27H31F5N6O3. The summed E-state index contributed by atoms with van der Waals surface area (Å²) in [6.07, 6.45) is 0.603. The summed E-state index contributed by atoms with van der Waals surface area (Å²) < 4.78 is 73.1. The average molecular weight is 583 g/mol. The van der Waals surface area contributed by atoms with E-state index in [2.05, 4.69) is 25.9 Å². The van der Waals surface area contributed by atoms with Crippen LogP contribution in [0.2, 0.25) is 0 Å². The monoisotopic (exact) mass is 582 g/mol. The van der Waals surface area contributed by atoms with Crippen molar-refractivity contribution in [2.75, 3.05) is 0 Å². The van der Waals surface area contributed by atoms with Crippen molar-refractivity contribution in [1.82, 2.24) is 30.4 Å². The number of amides is 2. The first-order chi connectivity index (χ1) is 19.3. The molecular weight excluding hydrogens is 551 g/mol. The number of aryl methyl sites for hydroxylation is 1. The number of alkyl halides is 5. The molecule has 14 heteroatoms. The molecule has 3 heterocycles. The average Bonchev–Trinajstić information content (AvgIpc) is 3.50. The third kappa shape index (κ3) is 6.67. The van der Waals surface area contributed by atoms with Crippen LogP contribution in [0.3, 0.4) is 0 Å². The van der Waals surface area contributed by atoms with Gasteiger partial charge < -0.3 is 15.2 Å². The van der Waals surface area contributed by atoms with Crippen LogP contribution in [0, 0.1) is 24.7 Å². The molecule has 0 aromatic carbocycles. The molecule has 2 fully saturated rings. The highest BCUT2D eigenvalue weighted by Crippen LogP contribution is 2.43. The van der Waals surface area contributed by atoms with E-state index in [9.17, 15) is 31.5 Å². The van der Waals surface area contributed by atoms with Gasteiger partial charge in [0.2, 0.25) is 11.8 Å². The van der Waals surface area contributed by atoms with Crippen molar-refractivity contribution in [3.63, 3.8) is 0 Å². The molecule has 41 heavy (non-hydrogen) atoms. The van der Waals surface area contributed by atoms with E-state index in [-0.39, 0.29) is 43.1 Å². The van der Waals surface area contributed by atoms with Gasteiger partial charge in [-0.3, -0.25) is 9.59 Å². The van der Waals surface area contributed by atoms with Gasteiger partial charge in [-0.05, 0) is 56.1 Å². The molecule has 2 N–H and O–H groups in total. The minimum Gasteiger partial charge on any atom is -0.364 e. The van der Waals surface area contributed by atoms with Gasteiger partial charge in [-0.1, -0.05) is 12.1 Å². The van der Waals surface area contributed by atoms with Gasteiger partial charge in [-0.2, -0.15) is 18.3 Å². The molecule has 2 amide bonds. The fourth-order valence-electron chi connectivity index (χ4n) is 5.32. The zero-order valence-electron chi connectivity index (χ0n) is 22.5. The predicted octanol–water partition coefficient (Wildman–Crippen LogP) is 5.48. The second kappa shape index (κ2) is 11.0. The summed E-state index contributed by atoms with van der Waals surface area (Å²) in [5.41, 5.74) is 2.03. The number of fused-ring (bicyclic) bond motifs is 1. The summed E-state index contributed by atoms with van der Waals surface area (Å²) in [6.45, 7) is 2.59. The summed E-state index contributed by atoms with van der Waals surface area (Å²) in [6, 6.07) is 0.486. The Kier molecular flexibility index (Phi) is 7.77. The Hall–Kier alpha value is -3.58. The number of aromatic nitrogens is 4. The maximum atomic E-state index is 13.9. The summed E-state index contributed by atoms with van der Waals surface area (Å²) in [5, 5.41) is 13.8. The normalized spacial score (nSPS) is 20.0. The van der Waals surface area contributed by atoms with Gasteiger partial charge in [0.1, 0.15) is 11.8 Å². The Bertz CT molecular complexity index is 1410. The molecule has 0 radical (unpaired) electrons. The van der Waals surface area contributed by atoms with Crippen LogP contribution >= 0.6 is 0 Å². The lowest BCUT2D eigenvalue weighted by molar-refractivity contribution is -0.174. The molecule has 0 bridgehead atoms. The van der Waals surface area contributed by atoms with Crippen molar-refractivity contribution in [2.45, 2.75) is 83.0 Å². The largest absolute Gasteiger partial charge is 0.392 e. The van der Waals surface area contributed by atoms with E-state index in [0.29, 0.717) is 22.6 Å². The Balaban J connectivity index is 1.39. The van der Waals surface area contributed by atoms with Gasteiger partial charge >= 0.3 is 6.18 Å². The van der Waals surface area contributed by atoms with E-state index in [0.717, 1.165) is 19.8 Å². The zero-order chi connectivity index (χ0) is 29.5. The topological polar surface area (TPSA) is 114 Å². The number of carbonyl (C=O) groups excluding carboxylic acids is 2. The van der Waals surface area contributed by atoms with Crippen LogP contribution in [0.25, 0.3) is 5.65 Å². The van der Waals surface area contributed by atoms with Crippen molar-refractivity contribution in [3.8, 4) is 0 Å². The molecule has 3 aromatic heterocycles. The molecule has 2 aliphatic carbocycles. The van der Waals surface area contributed by atoms with Crippen molar-refractivity contribution in [2.24, 2.45) is 17.8 Å². The number of hydrogen-bond acceptors (Lipinski definition) is 6. The fraction of sp³-hybridized carbons (Fsp3) is 0.593. The molecule has 3 atom stereocenters. The Morgan fingerprint density at radius 1 is 1.12 bits per heavy atom. The highest BCUT2D eigenvalue weighted by molar-refractivity contribution is 5.95. The smallest absolute Gasteiger partial charge is 0.364 e. The SMILES string of the molecule is Cc1nocc1C(=O)N[C@H](c1cn2ncc(C(NC(=O)C[C@H](C)C(F)(F)F)C3CC3)cc2n1)C1CCC(F)(F)CC1. The fourth-order valence-corrected chi connectivity index (χ4v) is 5.32. The van der Waals surface area contributed by atoms with E-state index in [1.165, 1.54) is 17.0 Å². The molecule has 3 aromatic rings. The maximum Gasteiger partial charge on any atom is 0.392 e. The van der Waals surface area contributed by atoms with E-state index in [4.69, 9.17) is 4.52 Å². The number of nitrogens with zero attached hydrogens (tertiary/aromatic N) is 4. The molecule has 1 unspecified atom stereocenters. The van der Waals surface area contributed by atoms with Crippen molar-refractivity contribution in [3.05, 3.63) is 47.2 Å². The van der Waals surface area contributed by atoms with Gasteiger partial charge in [0.05, 0.1) is 41.8 Å². The molecule has 2 aliphatic rings. The lowest BCUT2D eigenvalue weighted by Crippen LogP contribution is -2.37. The van der Waals surface area contributed by atoms with E-state index < -0.39 is 48.3 Å². The highest BCUT2D eigenvalue weighted by Gasteiger charge is 2.41. The number of nitrogens with one attached hydrogen (secondary N) is 2. The Morgan fingerprint density at radius 3 is 2.41 bits per heavy atom. The van der Waals surface area contributed by atoms with Gasteiger partial charge in [-0.15, -0.1) is 0 Å². The van der Waals surface area contributed by atoms with Crippen LogP contribution in [0.4, 0.5) is 22.0 Å². The first kappa shape index (κ1) is 28.9. The van der Waals surface area contributed by atoms with Crippen molar-refractivity contribution >= 4 is 17.5 Å². The van der Waals surface area contributed by atoms with Gasteiger partial charge in [0, 0.05) is 19.3 Å². The van der Waals surface area contributed by atoms with Gasteiger partial charge in [-0.25, -0.2) is 18.3 Å². The third-order valence-electron chi connectivity index (χ3n) is 8.01. The summed E-state index contributed by atoms with van der Waals surface area (Å²) in [4.78, 5) is 30.2. The summed E-state index contributed by atoms with van der Waals surface area (Å²) >= 11 is 0. The zero-order valence-corrected chi connectivity index (χ0v) is 22.5. The molecule has 5 rings (SSSR count).